The molecule has 3 rings (SSSR count). The van der Waals surface area contributed by atoms with Gasteiger partial charge in [0.2, 0.25) is 4.77 Å². The van der Waals surface area contributed by atoms with Gasteiger partial charge in [0, 0.05) is 12.0 Å². The van der Waals surface area contributed by atoms with Crippen molar-refractivity contribution in [3.63, 3.8) is 0 Å². The van der Waals surface area contributed by atoms with Crippen LogP contribution in [-0.2, 0) is 6.42 Å². The molecule has 0 spiro atoms. The number of H-pyrrole nitrogens is 1. The molecule has 0 fully saturated rings. The van der Waals surface area contributed by atoms with Crippen LogP contribution in [0.15, 0.2) is 53.6 Å². The summed E-state index contributed by atoms with van der Waals surface area (Å²) in [4.78, 5) is 0. The molecule has 1 aromatic heterocycles. The first-order chi connectivity index (χ1) is 11.1. The van der Waals surface area contributed by atoms with E-state index in [0.29, 0.717) is 32.6 Å². The number of aromatic nitrogens is 3. The van der Waals surface area contributed by atoms with Gasteiger partial charge in [-0.25, -0.2) is 0 Å². The van der Waals surface area contributed by atoms with E-state index in [2.05, 4.69) is 15.3 Å². The van der Waals surface area contributed by atoms with Gasteiger partial charge < -0.3 is 0 Å². The SMILES string of the molecule is S=c1[nH]nc(Cc2ccccc2)n1/N=C\c1c(Cl)cccc1Cl. The lowest BCUT2D eigenvalue weighted by molar-refractivity contribution is 0.792. The van der Waals surface area contributed by atoms with Crippen molar-refractivity contribution >= 4 is 41.6 Å². The zero-order valence-corrected chi connectivity index (χ0v) is 14.2. The number of nitrogens with one attached hydrogen (secondary N) is 1. The van der Waals surface area contributed by atoms with Crippen LogP contribution in [0.1, 0.15) is 17.0 Å². The highest BCUT2D eigenvalue weighted by atomic mass is 35.5. The fourth-order valence-electron chi connectivity index (χ4n) is 2.09. The van der Waals surface area contributed by atoms with Gasteiger partial charge in [-0.3, -0.25) is 5.10 Å². The van der Waals surface area contributed by atoms with Crippen LogP contribution in [0.4, 0.5) is 0 Å². The maximum atomic E-state index is 6.14. The fraction of sp³-hybridized carbons (Fsp3) is 0.0625. The lowest BCUT2D eigenvalue weighted by atomic mass is 10.1. The van der Waals surface area contributed by atoms with Crippen LogP contribution in [0.3, 0.4) is 0 Å². The molecule has 0 radical (unpaired) electrons. The second-order valence-corrected chi connectivity index (χ2v) is 6.00. The van der Waals surface area contributed by atoms with Gasteiger partial charge in [0.15, 0.2) is 5.82 Å². The molecule has 0 aliphatic rings. The number of hydrogen-bond acceptors (Lipinski definition) is 3. The topological polar surface area (TPSA) is 46.0 Å². The van der Waals surface area contributed by atoms with E-state index in [1.54, 1.807) is 29.1 Å². The predicted molar refractivity (Wildman–Crippen MR) is 96.1 cm³/mol. The molecule has 4 nitrogen and oxygen atoms in total. The molecule has 0 amide bonds. The molecule has 0 bridgehead atoms. The van der Waals surface area contributed by atoms with Gasteiger partial charge in [0.25, 0.3) is 0 Å². The Morgan fingerprint density at radius 1 is 1.09 bits per heavy atom. The molecule has 1 heterocycles. The Kier molecular flexibility index (Phi) is 4.91. The minimum Gasteiger partial charge on any atom is -0.250 e. The summed E-state index contributed by atoms with van der Waals surface area (Å²) in [7, 11) is 0. The number of hydrogen-bond donors (Lipinski definition) is 1. The zero-order valence-electron chi connectivity index (χ0n) is 11.9. The molecule has 0 saturated carbocycles. The first-order valence-corrected chi connectivity index (χ1v) is 8.00. The Morgan fingerprint density at radius 3 is 2.48 bits per heavy atom. The van der Waals surface area contributed by atoms with Crippen molar-refractivity contribution in [3.8, 4) is 0 Å². The van der Waals surface area contributed by atoms with Crippen LogP contribution in [0.5, 0.6) is 0 Å². The summed E-state index contributed by atoms with van der Waals surface area (Å²) in [5, 5.41) is 12.4. The van der Waals surface area contributed by atoms with Gasteiger partial charge in [-0.15, -0.1) is 0 Å². The third-order valence-corrected chi connectivity index (χ3v) is 4.15. The number of halogens is 2. The normalized spacial score (nSPS) is 11.2. The van der Waals surface area contributed by atoms with Crippen molar-refractivity contribution in [2.45, 2.75) is 6.42 Å². The molecule has 0 unspecified atom stereocenters. The molecule has 0 atom stereocenters. The van der Waals surface area contributed by atoms with E-state index in [1.807, 2.05) is 30.3 Å². The van der Waals surface area contributed by atoms with E-state index in [-0.39, 0.29) is 0 Å². The van der Waals surface area contributed by atoms with E-state index >= 15 is 0 Å². The van der Waals surface area contributed by atoms with E-state index < -0.39 is 0 Å². The van der Waals surface area contributed by atoms with Crippen LogP contribution in [0.25, 0.3) is 0 Å². The molecular formula is C16H12Cl2N4S. The summed E-state index contributed by atoms with van der Waals surface area (Å²) in [5.74, 6) is 0.709. The Morgan fingerprint density at radius 2 is 1.78 bits per heavy atom. The zero-order chi connectivity index (χ0) is 16.2. The van der Waals surface area contributed by atoms with Crippen molar-refractivity contribution in [2.75, 3.05) is 0 Å². The largest absolute Gasteiger partial charge is 0.250 e. The lowest BCUT2D eigenvalue weighted by Gasteiger charge is -2.03. The van der Waals surface area contributed by atoms with Crippen LogP contribution in [-0.4, -0.2) is 21.1 Å². The summed E-state index contributed by atoms with van der Waals surface area (Å²) >= 11 is 17.5. The molecular weight excluding hydrogens is 351 g/mol. The number of nitrogens with zero attached hydrogens (tertiary/aromatic N) is 3. The summed E-state index contributed by atoms with van der Waals surface area (Å²) in [6.45, 7) is 0. The van der Waals surface area contributed by atoms with E-state index in [9.17, 15) is 0 Å². The molecule has 3 aromatic rings. The summed E-state index contributed by atoms with van der Waals surface area (Å²) < 4.78 is 1.98. The highest BCUT2D eigenvalue weighted by Crippen LogP contribution is 2.22. The van der Waals surface area contributed by atoms with Crippen LogP contribution < -0.4 is 0 Å². The fourth-order valence-corrected chi connectivity index (χ4v) is 2.78. The third kappa shape index (κ3) is 3.69. The predicted octanol–water partition coefficient (Wildman–Crippen LogP) is 4.72. The number of benzene rings is 2. The van der Waals surface area contributed by atoms with Crippen molar-refractivity contribution in [3.05, 3.63) is 80.3 Å². The standard InChI is InChI=1S/C16H12Cl2N4S/c17-13-7-4-8-14(18)12(13)10-19-22-15(20-21-16(22)23)9-11-5-2-1-3-6-11/h1-8,10H,9H2,(H,21,23)/b19-10-. The van der Waals surface area contributed by atoms with Crippen molar-refractivity contribution in [1.29, 1.82) is 0 Å². The van der Waals surface area contributed by atoms with Gasteiger partial charge in [-0.05, 0) is 29.9 Å². The maximum absolute atomic E-state index is 6.14. The Hall–Kier alpha value is -1.95. The average Bonchev–Trinajstić information content (AvgIpc) is 2.88. The second kappa shape index (κ2) is 7.08. The lowest BCUT2D eigenvalue weighted by Crippen LogP contribution is -2.00. The smallest absolute Gasteiger partial charge is 0.216 e. The average molecular weight is 363 g/mol. The minimum atomic E-state index is 0.412. The van der Waals surface area contributed by atoms with Crippen molar-refractivity contribution in [1.82, 2.24) is 14.9 Å². The third-order valence-electron chi connectivity index (χ3n) is 3.22. The molecule has 0 aliphatic carbocycles. The van der Waals surface area contributed by atoms with Gasteiger partial charge in [0.1, 0.15) is 0 Å². The monoisotopic (exact) mass is 362 g/mol. The molecule has 2 aromatic carbocycles. The van der Waals surface area contributed by atoms with E-state index in [0.717, 1.165) is 5.56 Å². The Balaban J connectivity index is 1.93. The Labute approximate surface area is 148 Å². The first-order valence-electron chi connectivity index (χ1n) is 6.84. The van der Waals surface area contributed by atoms with E-state index in [1.165, 1.54) is 0 Å². The molecule has 0 saturated heterocycles. The quantitative estimate of drug-likeness (QED) is 0.539. The van der Waals surface area contributed by atoms with Gasteiger partial charge >= 0.3 is 0 Å². The van der Waals surface area contributed by atoms with Crippen molar-refractivity contribution < 1.29 is 0 Å². The summed E-state index contributed by atoms with van der Waals surface area (Å²) in [6.07, 6.45) is 2.20. The summed E-state index contributed by atoms with van der Waals surface area (Å²) in [6, 6.07) is 15.3. The first kappa shape index (κ1) is 15.9. The van der Waals surface area contributed by atoms with Gasteiger partial charge in [-0.1, -0.05) is 59.6 Å². The molecule has 7 heteroatoms. The van der Waals surface area contributed by atoms with Crippen LogP contribution in [0, 0.1) is 4.77 Å². The maximum Gasteiger partial charge on any atom is 0.216 e. The van der Waals surface area contributed by atoms with Crippen LogP contribution >= 0.6 is 35.4 Å². The van der Waals surface area contributed by atoms with Gasteiger partial charge in [0.05, 0.1) is 16.3 Å². The highest BCUT2D eigenvalue weighted by molar-refractivity contribution is 7.71. The molecule has 116 valence electrons. The molecule has 0 aliphatic heterocycles. The van der Waals surface area contributed by atoms with Crippen LogP contribution in [0.2, 0.25) is 10.0 Å². The molecule has 1 N–H and O–H groups in total. The summed E-state index contributed by atoms with van der Waals surface area (Å²) in [5.41, 5.74) is 1.76. The molecule has 23 heavy (non-hydrogen) atoms. The second-order valence-electron chi connectivity index (χ2n) is 4.80. The minimum absolute atomic E-state index is 0.412. The number of aromatic amines is 1. The Bertz CT molecular complexity index is 880. The van der Waals surface area contributed by atoms with Crippen molar-refractivity contribution in [2.24, 2.45) is 5.10 Å². The van der Waals surface area contributed by atoms with Gasteiger partial charge in [-0.2, -0.15) is 14.9 Å². The highest BCUT2D eigenvalue weighted by Gasteiger charge is 2.07. The number of rotatable bonds is 4. The van der Waals surface area contributed by atoms with E-state index in [4.69, 9.17) is 35.4 Å².